The third-order valence-corrected chi connectivity index (χ3v) is 16.0. The molecule has 6 atom stereocenters. The summed E-state index contributed by atoms with van der Waals surface area (Å²) in [6.07, 6.45) is 6.57. The first kappa shape index (κ1) is 48.9. The van der Waals surface area contributed by atoms with E-state index in [1.807, 2.05) is 56.9 Å². The fourth-order valence-electron chi connectivity index (χ4n) is 11.1. The zero-order valence-corrected chi connectivity index (χ0v) is 42.5. The Morgan fingerprint density at radius 3 is 2.17 bits per heavy atom. The van der Waals surface area contributed by atoms with Crippen LogP contribution >= 0.6 is 11.3 Å². The number of thiophene rings is 1. The number of amides is 4. The normalized spacial score (nSPS) is 21.2. The van der Waals surface area contributed by atoms with Crippen molar-refractivity contribution in [1.82, 2.24) is 44.9 Å². The van der Waals surface area contributed by atoms with Gasteiger partial charge in [0, 0.05) is 41.1 Å². The monoisotopic (exact) mass is 1000 g/mol. The van der Waals surface area contributed by atoms with E-state index in [2.05, 4.69) is 50.3 Å². The summed E-state index contributed by atoms with van der Waals surface area (Å²) in [6, 6.07) is 13.4. The topological polar surface area (TPSA) is 198 Å². The van der Waals surface area contributed by atoms with Crippen LogP contribution in [0.4, 0.5) is 14.0 Å². The number of aromatic amines is 2. The Morgan fingerprint density at radius 1 is 0.861 bits per heavy atom. The minimum atomic E-state index is -0.774. The molecule has 6 aromatic rings. The van der Waals surface area contributed by atoms with Crippen molar-refractivity contribution >= 4 is 46.2 Å². The number of alkyl carbamates (subject to hydrolysis) is 2. The van der Waals surface area contributed by atoms with E-state index < -0.39 is 41.9 Å². The van der Waals surface area contributed by atoms with Gasteiger partial charge in [0.25, 0.3) is 0 Å². The quantitative estimate of drug-likeness (QED) is 0.0916. The summed E-state index contributed by atoms with van der Waals surface area (Å²) in [5, 5.41) is 6.42. The number of ether oxygens (including phenoxy) is 4. The molecule has 72 heavy (non-hydrogen) atoms. The molecule has 4 aromatic heterocycles. The predicted octanol–water partition coefficient (Wildman–Crippen LogP) is 9.43. The van der Waals surface area contributed by atoms with Gasteiger partial charge < -0.3 is 49.3 Å². The summed E-state index contributed by atoms with van der Waals surface area (Å²) >= 11 is 1.66. The Balaban J connectivity index is 0.945. The van der Waals surface area contributed by atoms with Crippen molar-refractivity contribution in [2.24, 2.45) is 11.8 Å². The molecule has 380 valence electrons. The first-order chi connectivity index (χ1) is 34.6. The molecule has 4 aliphatic heterocycles. The fraction of sp³-hybridized carbons (Fsp3) is 0.472. The lowest BCUT2D eigenvalue weighted by molar-refractivity contribution is -0.139. The van der Waals surface area contributed by atoms with Crippen LogP contribution in [-0.4, -0.2) is 110 Å². The Hall–Kier alpha value is -6.73. The standard InChI is InChI=1S/C53H62FN9O8S/c1-8-33-14-16-42(72-33)50-63-37-15-13-29(35-26-55-46(57-35)39-12-10-19-62(39)49(65)45(60-52(67)69-7)30-17-20-70-53(4,5)25-30)21-32(37)23-40(63)43-34(54)22-31(24-41(43)71-50)36-27-56-47(58-36)38-11-9-18-61(38)48(64)44(28(2)3)59-51(66)68-6/h13-16,21-24,26-28,30,38-39,44-45,50H,8-12,17-20,25H2,1-7H3,(H,55,57)(H,56,58)(H,59,66)(H,60,67)/t30?,38-,39-,44-,45?,50?/m0/s1. The van der Waals surface area contributed by atoms with E-state index in [0.717, 1.165) is 46.3 Å². The SMILES string of the molecule is CCc1ccc(C2Oc3cc(-c4cnc([C@@H]5CCCN5C(=O)[C@@H](NC(=O)OC)C(C)C)[nH]4)cc(F)c3-c3cc4cc(-c5cnc([C@@H]6CCCN6C(=O)C(NC(=O)OC)C6CCOC(C)(C)C6)[nH]5)ccc4n32)s1. The molecule has 0 aliphatic carbocycles. The largest absolute Gasteiger partial charge is 0.464 e. The maximum absolute atomic E-state index is 16.9. The van der Waals surface area contributed by atoms with Crippen molar-refractivity contribution < 1.29 is 42.5 Å². The van der Waals surface area contributed by atoms with Crippen LogP contribution in [0.25, 0.3) is 44.7 Å². The van der Waals surface area contributed by atoms with Crippen LogP contribution in [0.2, 0.25) is 0 Å². The molecule has 3 saturated heterocycles. The maximum atomic E-state index is 16.9. The number of hydrogen-bond donors (Lipinski definition) is 4. The highest BCUT2D eigenvalue weighted by atomic mass is 32.1. The first-order valence-electron chi connectivity index (χ1n) is 24.9. The number of hydrogen-bond acceptors (Lipinski definition) is 11. The number of methoxy groups -OCH3 is 2. The number of aryl methyl sites for hydroxylation is 1. The lowest BCUT2D eigenvalue weighted by Gasteiger charge is -2.40. The van der Waals surface area contributed by atoms with E-state index in [-0.39, 0.29) is 35.7 Å². The number of carbonyl (C=O) groups is 4. The van der Waals surface area contributed by atoms with Crippen molar-refractivity contribution in [3.05, 3.63) is 88.1 Å². The molecule has 4 aliphatic rings. The molecule has 4 N–H and O–H groups in total. The lowest BCUT2D eigenvalue weighted by atomic mass is 9.82. The molecule has 17 nitrogen and oxygen atoms in total. The summed E-state index contributed by atoms with van der Waals surface area (Å²) in [4.78, 5) is 75.2. The summed E-state index contributed by atoms with van der Waals surface area (Å²) in [7, 11) is 2.57. The van der Waals surface area contributed by atoms with Gasteiger partial charge >= 0.3 is 12.2 Å². The summed E-state index contributed by atoms with van der Waals surface area (Å²) in [5.41, 5.74) is 4.19. The van der Waals surface area contributed by atoms with Crippen molar-refractivity contribution in [2.45, 2.75) is 116 Å². The number of likely N-dealkylation sites (tertiary alicyclic amines) is 2. The number of nitrogens with zero attached hydrogens (tertiary/aromatic N) is 5. The second-order valence-corrected chi connectivity index (χ2v) is 21.4. The fourth-order valence-corrected chi connectivity index (χ4v) is 12.1. The van der Waals surface area contributed by atoms with E-state index in [0.29, 0.717) is 85.3 Å². The number of aromatic nitrogens is 5. The van der Waals surface area contributed by atoms with E-state index in [4.69, 9.17) is 28.9 Å². The van der Waals surface area contributed by atoms with Crippen LogP contribution in [0.3, 0.4) is 0 Å². The molecule has 0 spiro atoms. The van der Waals surface area contributed by atoms with Crippen molar-refractivity contribution in [2.75, 3.05) is 33.9 Å². The Labute approximate surface area is 421 Å². The van der Waals surface area contributed by atoms with Gasteiger partial charge in [-0.3, -0.25) is 14.2 Å². The molecular formula is C53H62FN9O8S. The number of benzene rings is 2. The molecule has 4 amide bonds. The van der Waals surface area contributed by atoms with E-state index >= 15 is 4.39 Å². The van der Waals surface area contributed by atoms with E-state index in [1.165, 1.54) is 25.2 Å². The van der Waals surface area contributed by atoms with Gasteiger partial charge in [0.2, 0.25) is 18.0 Å². The molecule has 3 unspecified atom stereocenters. The van der Waals surface area contributed by atoms with Gasteiger partial charge in [-0.1, -0.05) is 26.8 Å². The van der Waals surface area contributed by atoms with Crippen LogP contribution in [0.15, 0.2) is 60.9 Å². The van der Waals surface area contributed by atoms with Gasteiger partial charge in [-0.2, -0.15) is 0 Å². The zero-order chi connectivity index (χ0) is 50.6. The third-order valence-electron chi connectivity index (χ3n) is 14.7. The minimum Gasteiger partial charge on any atom is -0.464 e. The number of nitrogens with one attached hydrogen (secondary N) is 4. The molecule has 3 fully saturated rings. The highest BCUT2D eigenvalue weighted by Crippen LogP contribution is 2.48. The van der Waals surface area contributed by atoms with Crippen LogP contribution in [0, 0.1) is 17.7 Å². The summed E-state index contributed by atoms with van der Waals surface area (Å²) in [6.45, 7) is 11.4. The van der Waals surface area contributed by atoms with Crippen LogP contribution in [0.5, 0.6) is 5.75 Å². The summed E-state index contributed by atoms with van der Waals surface area (Å²) < 4.78 is 41.6. The van der Waals surface area contributed by atoms with E-state index in [9.17, 15) is 19.2 Å². The van der Waals surface area contributed by atoms with Crippen molar-refractivity contribution in [3.63, 3.8) is 0 Å². The first-order valence-corrected chi connectivity index (χ1v) is 25.8. The second-order valence-electron chi connectivity index (χ2n) is 20.2. The van der Waals surface area contributed by atoms with Gasteiger partial charge in [0.05, 0.1) is 77.3 Å². The average molecular weight is 1000 g/mol. The van der Waals surface area contributed by atoms with Crippen molar-refractivity contribution in [3.8, 4) is 39.5 Å². The number of fused-ring (bicyclic) bond motifs is 5. The van der Waals surface area contributed by atoms with Crippen molar-refractivity contribution in [1.29, 1.82) is 0 Å². The van der Waals surface area contributed by atoms with Crippen LogP contribution in [-0.2, 0) is 30.2 Å². The molecule has 8 heterocycles. The molecule has 2 aromatic carbocycles. The summed E-state index contributed by atoms with van der Waals surface area (Å²) in [5.74, 6) is 0.469. The molecule has 0 saturated carbocycles. The van der Waals surface area contributed by atoms with Gasteiger partial charge in [-0.05, 0) is 113 Å². The number of carbonyl (C=O) groups excluding carboxylic acids is 4. The molecule has 0 bridgehead atoms. The number of imidazole rings is 2. The lowest BCUT2D eigenvalue weighted by Crippen LogP contribution is -2.54. The van der Waals surface area contributed by atoms with Gasteiger partial charge in [-0.25, -0.2) is 23.9 Å². The van der Waals surface area contributed by atoms with Crippen LogP contribution < -0.4 is 15.4 Å². The van der Waals surface area contributed by atoms with Gasteiger partial charge in [0.1, 0.15) is 35.3 Å². The predicted molar refractivity (Wildman–Crippen MR) is 269 cm³/mol. The molecule has 19 heteroatoms. The van der Waals surface area contributed by atoms with Gasteiger partial charge in [0.15, 0.2) is 0 Å². The highest BCUT2D eigenvalue weighted by molar-refractivity contribution is 7.12. The number of halogens is 1. The Kier molecular flexibility index (Phi) is 13.4. The Morgan fingerprint density at radius 2 is 1.53 bits per heavy atom. The highest BCUT2D eigenvalue weighted by Gasteiger charge is 2.43. The molecular weight excluding hydrogens is 942 g/mol. The minimum absolute atomic E-state index is 0.129. The van der Waals surface area contributed by atoms with Crippen LogP contribution in [0.1, 0.15) is 113 Å². The number of H-pyrrole nitrogens is 2. The third kappa shape index (κ3) is 9.20. The van der Waals surface area contributed by atoms with Gasteiger partial charge in [-0.15, -0.1) is 11.3 Å². The van der Waals surface area contributed by atoms with E-state index in [1.54, 1.807) is 28.6 Å². The molecule has 0 radical (unpaired) electrons. The number of rotatable bonds is 12. The maximum Gasteiger partial charge on any atom is 0.407 e. The average Bonchev–Trinajstić information content (AvgIpc) is 4.23. The molecule has 10 rings (SSSR count). The zero-order valence-electron chi connectivity index (χ0n) is 41.7. The Bertz CT molecular complexity index is 3030. The second kappa shape index (κ2) is 19.7. The smallest absolute Gasteiger partial charge is 0.407 e.